The molecule has 3 aromatic heterocycles. The van der Waals surface area contributed by atoms with Gasteiger partial charge >= 0.3 is 0 Å². The Labute approximate surface area is 271 Å². The SMILES string of the molecule is c1ccc(C2(c3ccccc3)c3cc(-c4cccc5c4oc4ccccc45)ccc3-n3c(-c4ccncc4)nc4cccc2c43)cc1. The molecule has 10 rings (SSSR count). The largest absolute Gasteiger partial charge is 0.455 e. The van der Waals surface area contributed by atoms with Crippen LogP contribution in [0.25, 0.3) is 61.2 Å². The normalized spacial score (nSPS) is 13.3. The second-order valence-corrected chi connectivity index (χ2v) is 12.2. The highest BCUT2D eigenvalue weighted by molar-refractivity contribution is 6.09. The van der Waals surface area contributed by atoms with Crippen LogP contribution < -0.4 is 0 Å². The second kappa shape index (κ2) is 9.87. The Morgan fingerprint density at radius 2 is 1.26 bits per heavy atom. The van der Waals surface area contributed by atoms with Crippen molar-refractivity contribution in [1.82, 2.24) is 14.5 Å². The first kappa shape index (κ1) is 26.0. The third-order valence-electron chi connectivity index (χ3n) is 9.79. The van der Waals surface area contributed by atoms with E-state index in [4.69, 9.17) is 9.40 Å². The average molecular weight is 602 g/mol. The van der Waals surface area contributed by atoms with Crippen LogP contribution >= 0.6 is 0 Å². The van der Waals surface area contributed by atoms with E-state index in [0.29, 0.717) is 0 Å². The quantitative estimate of drug-likeness (QED) is 0.202. The third-order valence-corrected chi connectivity index (χ3v) is 9.79. The standard InChI is InChI=1S/C43H27N3O/c1-3-11-30(12-4-1)43(31-13-5-2-6-14-31)35-18-10-19-37-40(35)46(42(45-37)28-23-25-44-26-24-28)38-22-21-29(27-36(38)43)32-16-9-17-34-33-15-7-8-20-39(33)47-41(32)34/h1-27H. The zero-order chi connectivity index (χ0) is 31.0. The number of para-hydroxylation sites is 3. The lowest BCUT2D eigenvalue weighted by Gasteiger charge is -2.41. The lowest BCUT2D eigenvalue weighted by Crippen LogP contribution is -2.35. The van der Waals surface area contributed by atoms with Gasteiger partial charge in [-0.1, -0.05) is 115 Å². The molecule has 220 valence electrons. The number of aromatic nitrogens is 3. The number of furan rings is 1. The fourth-order valence-electron chi connectivity index (χ4n) is 7.84. The summed E-state index contributed by atoms with van der Waals surface area (Å²) in [6.45, 7) is 0. The number of hydrogen-bond acceptors (Lipinski definition) is 3. The van der Waals surface area contributed by atoms with Gasteiger partial charge < -0.3 is 4.42 Å². The molecule has 0 saturated carbocycles. The second-order valence-electron chi connectivity index (χ2n) is 12.2. The van der Waals surface area contributed by atoms with Crippen molar-refractivity contribution in [3.63, 3.8) is 0 Å². The van der Waals surface area contributed by atoms with Crippen molar-refractivity contribution >= 4 is 33.0 Å². The third kappa shape index (κ3) is 3.58. The predicted octanol–water partition coefficient (Wildman–Crippen LogP) is 10.3. The molecule has 4 heterocycles. The lowest BCUT2D eigenvalue weighted by molar-refractivity contribution is 0.670. The number of pyridine rings is 1. The van der Waals surface area contributed by atoms with Gasteiger partial charge in [0.25, 0.3) is 0 Å². The number of benzene rings is 6. The summed E-state index contributed by atoms with van der Waals surface area (Å²) in [5.74, 6) is 0.901. The van der Waals surface area contributed by atoms with Crippen LogP contribution in [0, 0.1) is 0 Å². The summed E-state index contributed by atoms with van der Waals surface area (Å²) in [6.07, 6.45) is 3.67. The van der Waals surface area contributed by atoms with Crippen molar-refractivity contribution in [3.8, 4) is 28.2 Å². The van der Waals surface area contributed by atoms with Gasteiger partial charge in [-0.25, -0.2) is 4.98 Å². The molecule has 6 aromatic carbocycles. The smallest absolute Gasteiger partial charge is 0.145 e. The van der Waals surface area contributed by atoms with Crippen molar-refractivity contribution in [1.29, 1.82) is 0 Å². The molecule has 0 atom stereocenters. The molecule has 0 spiro atoms. The molecular weight excluding hydrogens is 574 g/mol. The zero-order valence-corrected chi connectivity index (χ0v) is 25.3. The minimum Gasteiger partial charge on any atom is -0.455 e. The molecule has 0 fully saturated rings. The van der Waals surface area contributed by atoms with Crippen molar-refractivity contribution in [2.45, 2.75) is 5.41 Å². The Bertz CT molecular complexity index is 2580. The summed E-state index contributed by atoms with van der Waals surface area (Å²) in [4.78, 5) is 9.57. The number of hydrogen-bond donors (Lipinski definition) is 0. The van der Waals surface area contributed by atoms with Gasteiger partial charge in [0.2, 0.25) is 0 Å². The number of rotatable bonds is 4. The Hall–Kier alpha value is -6.26. The van der Waals surface area contributed by atoms with Crippen LogP contribution in [0.2, 0.25) is 0 Å². The molecule has 0 unspecified atom stereocenters. The molecule has 1 aliphatic heterocycles. The van der Waals surface area contributed by atoms with Crippen LogP contribution in [0.1, 0.15) is 22.3 Å². The monoisotopic (exact) mass is 601 g/mol. The summed E-state index contributed by atoms with van der Waals surface area (Å²) in [7, 11) is 0. The average Bonchev–Trinajstić information content (AvgIpc) is 3.73. The highest BCUT2D eigenvalue weighted by atomic mass is 16.3. The Morgan fingerprint density at radius 1 is 0.553 bits per heavy atom. The maximum absolute atomic E-state index is 6.55. The molecule has 0 radical (unpaired) electrons. The van der Waals surface area contributed by atoms with Gasteiger partial charge in [-0.2, -0.15) is 0 Å². The summed E-state index contributed by atoms with van der Waals surface area (Å²) < 4.78 is 8.90. The minimum atomic E-state index is -0.610. The Balaban J connectivity index is 1.37. The van der Waals surface area contributed by atoms with Gasteiger partial charge in [-0.15, -0.1) is 0 Å². The molecule has 0 bridgehead atoms. The Kier molecular flexibility index (Phi) is 5.46. The van der Waals surface area contributed by atoms with Crippen LogP contribution in [0.3, 0.4) is 0 Å². The molecular formula is C43H27N3O. The molecule has 0 amide bonds. The maximum atomic E-state index is 6.55. The van der Waals surface area contributed by atoms with Crippen LogP contribution in [0.15, 0.2) is 168 Å². The molecule has 47 heavy (non-hydrogen) atoms. The van der Waals surface area contributed by atoms with Crippen LogP contribution in [0.5, 0.6) is 0 Å². The highest BCUT2D eigenvalue weighted by Crippen LogP contribution is 2.54. The van der Waals surface area contributed by atoms with Gasteiger partial charge in [0.1, 0.15) is 17.0 Å². The minimum absolute atomic E-state index is 0.610. The molecule has 1 aliphatic rings. The predicted molar refractivity (Wildman–Crippen MR) is 189 cm³/mol. The van der Waals surface area contributed by atoms with E-state index in [9.17, 15) is 0 Å². The van der Waals surface area contributed by atoms with Crippen LogP contribution in [-0.4, -0.2) is 14.5 Å². The first-order valence-corrected chi connectivity index (χ1v) is 15.9. The van der Waals surface area contributed by atoms with Crippen molar-refractivity contribution in [3.05, 3.63) is 186 Å². The maximum Gasteiger partial charge on any atom is 0.145 e. The van der Waals surface area contributed by atoms with Crippen LogP contribution in [-0.2, 0) is 5.41 Å². The van der Waals surface area contributed by atoms with Gasteiger partial charge in [0, 0.05) is 34.3 Å². The number of imidazole rings is 1. The summed E-state index contributed by atoms with van der Waals surface area (Å²) in [5.41, 5.74) is 12.4. The topological polar surface area (TPSA) is 43.9 Å². The molecule has 0 N–H and O–H groups in total. The molecule has 4 heteroatoms. The van der Waals surface area contributed by atoms with E-state index < -0.39 is 5.41 Å². The van der Waals surface area contributed by atoms with E-state index in [1.165, 1.54) is 22.3 Å². The van der Waals surface area contributed by atoms with E-state index in [1.54, 1.807) is 0 Å². The highest BCUT2D eigenvalue weighted by Gasteiger charge is 2.45. The summed E-state index contributed by atoms with van der Waals surface area (Å²) >= 11 is 0. The van der Waals surface area contributed by atoms with Gasteiger partial charge in [0.15, 0.2) is 0 Å². The zero-order valence-electron chi connectivity index (χ0n) is 25.3. The van der Waals surface area contributed by atoms with Gasteiger partial charge in [-0.3, -0.25) is 9.55 Å². The number of fused-ring (bicyclic) bond motifs is 5. The van der Waals surface area contributed by atoms with E-state index in [1.807, 2.05) is 36.7 Å². The van der Waals surface area contributed by atoms with Crippen molar-refractivity contribution in [2.24, 2.45) is 0 Å². The first-order chi connectivity index (χ1) is 23.3. The summed E-state index contributed by atoms with van der Waals surface area (Å²) in [5, 5.41) is 2.25. The fraction of sp³-hybridized carbons (Fsp3) is 0.0233. The van der Waals surface area contributed by atoms with Crippen LogP contribution in [0.4, 0.5) is 0 Å². The Morgan fingerprint density at radius 3 is 2.04 bits per heavy atom. The van der Waals surface area contributed by atoms with E-state index >= 15 is 0 Å². The molecule has 0 saturated heterocycles. The van der Waals surface area contributed by atoms with Gasteiger partial charge in [-0.05, 0) is 64.2 Å². The molecule has 4 nitrogen and oxygen atoms in total. The van der Waals surface area contributed by atoms with E-state index in [0.717, 1.165) is 61.2 Å². The van der Waals surface area contributed by atoms with Crippen molar-refractivity contribution in [2.75, 3.05) is 0 Å². The fourth-order valence-corrected chi connectivity index (χ4v) is 7.84. The molecule has 9 aromatic rings. The van der Waals surface area contributed by atoms with E-state index in [2.05, 4.69) is 137 Å². The van der Waals surface area contributed by atoms with E-state index in [-0.39, 0.29) is 0 Å². The van der Waals surface area contributed by atoms with Gasteiger partial charge in [0.05, 0.1) is 22.1 Å². The molecule has 0 aliphatic carbocycles. The summed E-state index contributed by atoms with van der Waals surface area (Å²) in [6, 6.07) is 54.1. The lowest BCUT2D eigenvalue weighted by atomic mass is 9.63. The van der Waals surface area contributed by atoms with Crippen molar-refractivity contribution < 1.29 is 4.42 Å². The first-order valence-electron chi connectivity index (χ1n) is 15.9. The number of nitrogens with zero attached hydrogens (tertiary/aromatic N) is 3.